The van der Waals surface area contributed by atoms with Crippen LogP contribution in [0.3, 0.4) is 0 Å². The lowest BCUT2D eigenvalue weighted by molar-refractivity contribution is 0.477. The maximum Gasteiger partial charge on any atom is 0.263 e. The number of hydrogen-bond acceptors (Lipinski definition) is 5. The van der Waals surface area contributed by atoms with Gasteiger partial charge in [-0.1, -0.05) is 24.3 Å². The van der Waals surface area contributed by atoms with Crippen molar-refractivity contribution in [2.24, 2.45) is 0 Å². The number of anilines is 1. The summed E-state index contributed by atoms with van der Waals surface area (Å²) in [6.45, 7) is 1.63. The van der Waals surface area contributed by atoms with Crippen LogP contribution in [0.2, 0.25) is 0 Å². The van der Waals surface area contributed by atoms with Crippen molar-refractivity contribution < 1.29 is 21.9 Å². The Morgan fingerprint density at radius 1 is 0.909 bits per heavy atom. The van der Waals surface area contributed by atoms with Crippen molar-refractivity contribution in [2.45, 2.75) is 16.7 Å². The number of para-hydroxylation sites is 1. The molecule has 118 valence electrons. The fraction of sp³-hybridized carbons (Fsp3) is 0.143. The molecule has 2 aromatic carbocycles. The summed E-state index contributed by atoms with van der Waals surface area (Å²) in [6.07, 6.45) is 0.937. The van der Waals surface area contributed by atoms with Crippen LogP contribution in [0.5, 0.6) is 5.75 Å². The molecule has 0 unspecified atom stereocenters. The first-order valence-corrected chi connectivity index (χ1v) is 9.61. The van der Waals surface area contributed by atoms with Crippen molar-refractivity contribution in [1.82, 2.24) is 0 Å². The second-order valence-electron chi connectivity index (χ2n) is 4.79. The molecular formula is C14H15NO5S2. The first-order chi connectivity index (χ1) is 10.1. The highest BCUT2D eigenvalue weighted by Crippen LogP contribution is 2.30. The van der Waals surface area contributed by atoms with Gasteiger partial charge in [-0.15, -0.1) is 0 Å². The maximum absolute atomic E-state index is 12.5. The molecule has 8 heteroatoms. The third kappa shape index (κ3) is 3.23. The predicted octanol–water partition coefficient (Wildman–Crippen LogP) is 1.90. The summed E-state index contributed by atoms with van der Waals surface area (Å²) in [5.41, 5.74) is 0.534. The van der Waals surface area contributed by atoms with E-state index in [4.69, 9.17) is 0 Å². The van der Waals surface area contributed by atoms with E-state index in [9.17, 15) is 21.9 Å². The third-order valence-corrected chi connectivity index (χ3v) is 5.72. The molecule has 0 aromatic heterocycles. The van der Waals surface area contributed by atoms with Gasteiger partial charge in [-0.05, 0) is 30.7 Å². The van der Waals surface area contributed by atoms with Gasteiger partial charge in [0.1, 0.15) is 10.6 Å². The lowest BCUT2D eigenvalue weighted by Crippen LogP contribution is -2.17. The Labute approximate surface area is 129 Å². The number of phenols is 1. The SMILES string of the molecule is Cc1cccc(O)c1NS(=O)(=O)c1ccccc1S(C)(=O)=O. The van der Waals surface area contributed by atoms with Gasteiger partial charge in [0.05, 0.1) is 10.6 Å². The van der Waals surface area contributed by atoms with Gasteiger partial charge in [0, 0.05) is 6.26 Å². The first-order valence-electron chi connectivity index (χ1n) is 6.23. The van der Waals surface area contributed by atoms with Crippen molar-refractivity contribution in [3.63, 3.8) is 0 Å². The summed E-state index contributed by atoms with van der Waals surface area (Å²) in [5.74, 6) is -0.236. The van der Waals surface area contributed by atoms with Crippen molar-refractivity contribution in [2.75, 3.05) is 11.0 Å². The van der Waals surface area contributed by atoms with Crippen molar-refractivity contribution in [3.05, 3.63) is 48.0 Å². The second-order valence-corrected chi connectivity index (χ2v) is 8.43. The summed E-state index contributed by atoms with van der Waals surface area (Å²) < 4.78 is 50.7. The molecule has 0 atom stereocenters. The second kappa shape index (κ2) is 5.62. The topological polar surface area (TPSA) is 101 Å². The van der Waals surface area contributed by atoms with Crippen molar-refractivity contribution >= 4 is 25.5 Å². The molecular weight excluding hydrogens is 326 g/mol. The van der Waals surface area contributed by atoms with E-state index in [-0.39, 0.29) is 21.2 Å². The molecule has 6 nitrogen and oxygen atoms in total. The quantitative estimate of drug-likeness (QED) is 0.827. The average Bonchev–Trinajstić information content (AvgIpc) is 2.42. The molecule has 0 radical (unpaired) electrons. The monoisotopic (exact) mass is 341 g/mol. The van der Waals surface area contributed by atoms with Crippen LogP contribution in [0.25, 0.3) is 0 Å². The Kier molecular flexibility index (Phi) is 4.17. The highest BCUT2D eigenvalue weighted by Gasteiger charge is 2.24. The Bertz CT molecular complexity index is 898. The molecule has 0 aliphatic rings. The van der Waals surface area contributed by atoms with Gasteiger partial charge < -0.3 is 5.11 Å². The van der Waals surface area contributed by atoms with Gasteiger partial charge in [-0.25, -0.2) is 16.8 Å². The van der Waals surface area contributed by atoms with E-state index in [2.05, 4.69) is 4.72 Å². The fourth-order valence-corrected chi connectivity index (χ4v) is 4.73. The van der Waals surface area contributed by atoms with Gasteiger partial charge in [-0.3, -0.25) is 4.72 Å². The van der Waals surface area contributed by atoms with Crippen molar-refractivity contribution in [1.29, 1.82) is 0 Å². The molecule has 0 heterocycles. The summed E-state index contributed by atoms with van der Waals surface area (Å²) in [4.78, 5) is -0.657. The number of aryl methyl sites for hydroxylation is 1. The van der Waals surface area contributed by atoms with Crippen LogP contribution in [0, 0.1) is 6.92 Å². The summed E-state index contributed by atoms with van der Waals surface area (Å²) in [7, 11) is -7.87. The smallest absolute Gasteiger partial charge is 0.263 e. The van der Waals surface area contributed by atoms with Gasteiger partial charge in [0.25, 0.3) is 10.0 Å². The maximum atomic E-state index is 12.5. The molecule has 0 aliphatic heterocycles. The molecule has 0 spiro atoms. The molecule has 2 N–H and O–H groups in total. The molecule has 22 heavy (non-hydrogen) atoms. The van der Waals surface area contributed by atoms with E-state index in [0.717, 1.165) is 6.26 Å². The Balaban J connectivity index is 2.58. The van der Waals surface area contributed by atoms with Gasteiger partial charge in [-0.2, -0.15) is 0 Å². The number of nitrogens with one attached hydrogen (secondary N) is 1. The van der Waals surface area contributed by atoms with Gasteiger partial charge in [0.15, 0.2) is 9.84 Å². The minimum Gasteiger partial charge on any atom is -0.506 e. The van der Waals surface area contributed by atoms with Crippen LogP contribution in [0.15, 0.2) is 52.3 Å². The molecule has 0 saturated carbocycles. The first kappa shape index (κ1) is 16.3. The largest absolute Gasteiger partial charge is 0.506 e. The highest BCUT2D eigenvalue weighted by molar-refractivity contribution is 7.95. The molecule has 0 fully saturated rings. The lowest BCUT2D eigenvalue weighted by Gasteiger charge is -2.14. The van der Waals surface area contributed by atoms with Crippen molar-refractivity contribution in [3.8, 4) is 5.75 Å². The molecule has 2 aromatic rings. The molecule has 0 amide bonds. The van der Waals surface area contributed by atoms with Crippen LogP contribution in [0.4, 0.5) is 5.69 Å². The fourth-order valence-electron chi connectivity index (χ4n) is 1.95. The molecule has 2 rings (SSSR count). The number of phenolic OH excluding ortho intramolecular Hbond substituents is 1. The molecule has 0 saturated heterocycles. The van der Waals surface area contributed by atoms with Crippen LogP contribution < -0.4 is 4.72 Å². The minimum atomic E-state index is -4.16. The van der Waals surface area contributed by atoms with Crippen LogP contribution in [-0.2, 0) is 19.9 Å². The van der Waals surface area contributed by atoms with E-state index >= 15 is 0 Å². The standard InChI is InChI=1S/C14H15NO5S2/c1-10-6-5-7-11(16)14(10)15-22(19,20)13-9-4-3-8-12(13)21(2,17)18/h3-9,15-16H,1-2H3. The molecule has 0 bridgehead atoms. The van der Waals surface area contributed by atoms with Gasteiger partial charge in [0.2, 0.25) is 0 Å². The Morgan fingerprint density at radius 3 is 2.05 bits per heavy atom. The van der Waals surface area contributed by atoms with E-state index in [1.54, 1.807) is 19.1 Å². The lowest BCUT2D eigenvalue weighted by atomic mass is 10.2. The minimum absolute atomic E-state index is 0.0193. The number of hydrogen-bond donors (Lipinski definition) is 2. The van der Waals surface area contributed by atoms with E-state index in [1.165, 1.54) is 30.3 Å². The zero-order chi connectivity index (χ0) is 16.5. The number of sulfonamides is 1. The number of aromatic hydroxyl groups is 1. The summed E-state index contributed by atoms with van der Waals surface area (Å²) >= 11 is 0. The Morgan fingerprint density at radius 2 is 1.50 bits per heavy atom. The number of rotatable bonds is 4. The van der Waals surface area contributed by atoms with Crippen LogP contribution in [-0.4, -0.2) is 28.2 Å². The zero-order valence-electron chi connectivity index (χ0n) is 11.9. The predicted molar refractivity (Wildman–Crippen MR) is 83.2 cm³/mol. The number of sulfone groups is 1. The zero-order valence-corrected chi connectivity index (χ0v) is 13.6. The Hall–Kier alpha value is -2.06. The van der Waals surface area contributed by atoms with Gasteiger partial charge >= 0.3 is 0 Å². The van der Waals surface area contributed by atoms with E-state index in [1.807, 2.05) is 0 Å². The summed E-state index contributed by atoms with van der Waals surface area (Å²) in [5, 5.41) is 9.79. The van der Waals surface area contributed by atoms with Crippen LogP contribution in [0.1, 0.15) is 5.56 Å². The third-order valence-electron chi connectivity index (χ3n) is 3.03. The average molecular weight is 341 g/mol. The molecule has 0 aliphatic carbocycles. The van der Waals surface area contributed by atoms with E-state index < -0.39 is 19.9 Å². The van der Waals surface area contributed by atoms with Crippen LogP contribution >= 0.6 is 0 Å². The highest BCUT2D eigenvalue weighted by atomic mass is 32.2. The number of benzene rings is 2. The summed E-state index contributed by atoms with van der Waals surface area (Å²) in [6, 6.07) is 9.84. The normalized spacial score (nSPS) is 12.1. The van der Waals surface area contributed by atoms with E-state index in [0.29, 0.717) is 5.56 Å².